The summed E-state index contributed by atoms with van der Waals surface area (Å²) in [6, 6.07) is 15.3. The van der Waals surface area contributed by atoms with Gasteiger partial charge in [0.2, 0.25) is 0 Å². The molecule has 0 spiro atoms. The molecule has 1 unspecified atom stereocenters. The summed E-state index contributed by atoms with van der Waals surface area (Å²) in [5, 5.41) is 0. The van der Waals surface area contributed by atoms with Gasteiger partial charge in [0.05, 0.1) is 12.7 Å². The molecule has 0 fully saturated rings. The van der Waals surface area contributed by atoms with Gasteiger partial charge in [0.25, 0.3) is 0 Å². The largest absolute Gasteiger partial charge is 0.496 e. The Morgan fingerprint density at radius 3 is 2.35 bits per heavy atom. The molecule has 0 radical (unpaired) electrons. The predicted molar refractivity (Wildman–Crippen MR) is 79.8 cm³/mol. The van der Waals surface area contributed by atoms with Gasteiger partial charge in [0.1, 0.15) is 18.1 Å². The molecule has 2 aromatic rings. The van der Waals surface area contributed by atoms with Crippen molar-refractivity contribution in [3.8, 4) is 11.5 Å². The Bertz CT molecular complexity index is 543. The van der Waals surface area contributed by atoms with Crippen molar-refractivity contribution in [2.45, 2.75) is 12.6 Å². The van der Waals surface area contributed by atoms with Crippen LogP contribution in [0.4, 0.5) is 0 Å². The highest BCUT2D eigenvalue weighted by Crippen LogP contribution is 2.33. The number of ether oxygens (including phenoxy) is 2. The van der Waals surface area contributed by atoms with Gasteiger partial charge in [-0.1, -0.05) is 36.4 Å². The molecule has 0 saturated heterocycles. The number of hydrogen-bond acceptors (Lipinski definition) is 4. The number of methoxy groups -OCH3 is 1. The van der Waals surface area contributed by atoms with Crippen LogP contribution in [0, 0.1) is 0 Å². The zero-order valence-corrected chi connectivity index (χ0v) is 11.6. The molecule has 0 aromatic heterocycles. The molecular weight excluding hydrogens is 252 g/mol. The van der Waals surface area contributed by atoms with Gasteiger partial charge >= 0.3 is 0 Å². The lowest BCUT2D eigenvalue weighted by Crippen LogP contribution is -2.22. The molecule has 0 aliphatic rings. The molecule has 1 atom stereocenters. The predicted octanol–water partition coefficient (Wildman–Crippen LogP) is 2.23. The first-order valence-corrected chi connectivity index (χ1v) is 6.55. The Morgan fingerprint density at radius 2 is 1.70 bits per heavy atom. The average molecular weight is 272 g/mol. The highest BCUT2D eigenvalue weighted by molar-refractivity contribution is 5.47. The second kappa shape index (κ2) is 6.93. The third-order valence-corrected chi connectivity index (χ3v) is 3.11. The molecule has 20 heavy (non-hydrogen) atoms. The zero-order valence-electron chi connectivity index (χ0n) is 11.6. The molecule has 0 aliphatic carbocycles. The van der Waals surface area contributed by atoms with E-state index >= 15 is 0 Å². The number of rotatable bonds is 6. The van der Waals surface area contributed by atoms with Gasteiger partial charge < -0.3 is 20.9 Å². The van der Waals surface area contributed by atoms with Crippen LogP contribution in [-0.4, -0.2) is 13.7 Å². The maximum absolute atomic E-state index is 6.06. The van der Waals surface area contributed by atoms with Gasteiger partial charge in [-0.3, -0.25) is 0 Å². The Balaban J connectivity index is 2.22. The van der Waals surface area contributed by atoms with Crippen molar-refractivity contribution in [1.29, 1.82) is 0 Å². The van der Waals surface area contributed by atoms with Crippen LogP contribution in [0.3, 0.4) is 0 Å². The smallest absolute Gasteiger partial charge is 0.128 e. The van der Waals surface area contributed by atoms with Crippen LogP contribution in [0.15, 0.2) is 48.5 Å². The first-order valence-electron chi connectivity index (χ1n) is 6.55. The molecule has 0 aliphatic heterocycles. The van der Waals surface area contributed by atoms with Crippen LogP contribution in [0.5, 0.6) is 11.5 Å². The van der Waals surface area contributed by atoms with Crippen LogP contribution in [0.25, 0.3) is 0 Å². The van der Waals surface area contributed by atoms with E-state index in [0.29, 0.717) is 24.7 Å². The fourth-order valence-corrected chi connectivity index (χ4v) is 2.05. The minimum atomic E-state index is -0.308. The maximum Gasteiger partial charge on any atom is 0.128 e. The van der Waals surface area contributed by atoms with E-state index in [4.69, 9.17) is 20.9 Å². The van der Waals surface area contributed by atoms with E-state index in [1.807, 2.05) is 48.5 Å². The summed E-state index contributed by atoms with van der Waals surface area (Å²) in [6.45, 7) is 0.820. The molecule has 4 heteroatoms. The zero-order chi connectivity index (χ0) is 14.4. The van der Waals surface area contributed by atoms with Crippen LogP contribution in [0.2, 0.25) is 0 Å². The topological polar surface area (TPSA) is 70.5 Å². The van der Waals surface area contributed by atoms with E-state index in [2.05, 4.69) is 0 Å². The van der Waals surface area contributed by atoms with Crippen molar-refractivity contribution >= 4 is 0 Å². The Labute approximate surface area is 119 Å². The van der Waals surface area contributed by atoms with Gasteiger partial charge in [0.15, 0.2) is 0 Å². The summed E-state index contributed by atoms with van der Waals surface area (Å²) in [5.41, 5.74) is 13.6. The van der Waals surface area contributed by atoms with Gasteiger partial charge in [0, 0.05) is 12.6 Å². The molecule has 0 heterocycles. The second-order valence-corrected chi connectivity index (χ2v) is 4.49. The van der Waals surface area contributed by atoms with Gasteiger partial charge in [-0.15, -0.1) is 0 Å². The quantitative estimate of drug-likeness (QED) is 0.846. The number of benzene rings is 2. The van der Waals surface area contributed by atoms with Crippen LogP contribution in [-0.2, 0) is 6.61 Å². The van der Waals surface area contributed by atoms with Crippen LogP contribution >= 0.6 is 0 Å². The maximum atomic E-state index is 6.06. The lowest BCUT2D eigenvalue weighted by Gasteiger charge is -2.18. The fourth-order valence-electron chi connectivity index (χ4n) is 2.05. The molecule has 4 nitrogen and oxygen atoms in total. The summed E-state index contributed by atoms with van der Waals surface area (Å²) in [4.78, 5) is 0. The van der Waals surface area contributed by atoms with E-state index in [-0.39, 0.29) is 6.04 Å². The fraction of sp³-hybridized carbons (Fsp3) is 0.250. The van der Waals surface area contributed by atoms with Gasteiger partial charge in [-0.2, -0.15) is 0 Å². The standard InChI is InChI=1S/C16H20N2O2/c1-19-14-8-5-9-15(16(14)13(18)10-17)20-11-12-6-3-2-4-7-12/h2-9,13H,10-11,17-18H2,1H3. The monoisotopic (exact) mass is 272 g/mol. The minimum Gasteiger partial charge on any atom is -0.496 e. The van der Waals surface area contributed by atoms with Crippen LogP contribution in [0.1, 0.15) is 17.2 Å². The van der Waals surface area contributed by atoms with Crippen molar-refractivity contribution in [2.75, 3.05) is 13.7 Å². The average Bonchev–Trinajstić information content (AvgIpc) is 2.52. The molecule has 2 aromatic carbocycles. The third-order valence-electron chi connectivity index (χ3n) is 3.11. The number of nitrogens with two attached hydrogens (primary N) is 2. The summed E-state index contributed by atoms with van der Waals surface area (Å²) >= 11 is 0. The molecule has 0 amide bonds. The highest BCUT2D eigenvalue weighted by atomic mass is 16.5. The van der Waals surface area contributed by atoms with E-state index in [1.165, 1.54) is 0 Å². The number of hydrogen-bond donors (Lipinski definition) is 2. The molecule has 4 N–H and O–H groups in total. The molecule has 106 valence electrons. The molecule has 0 saturated carbocycles. The third kappa shape index (κ3) is 3.29. The van der Waals surface area contributed by atoms with Crippen LogP contribution < -0.4 is 20.9 Å². The molecule has 0 bridgehead atoms. The lowest BCUT2D eigenvalue weighted by atomic mass is 10.1. The second-order valence-electron chi connectivity index (χ2n) is 4.49. The molecule has 2 rings (SSSR count). The Kier molecular flexibility index (Phi) is 4.98. The summed E-state index contributed by atoms with van der Waals surface area (Å²) in [7, 11) is 1.61. The molecular formula is C16H20N2O2. The van der Waals surface area contributed by atoms with Gasteiger partial charge in [-0.25, -0.2) is 0 Å². The van der Waals surface area contributed by atoms with Crippen molar-refractivity contribution in [3.63, 3.8) is 0 Å². The van der Waals surface area contributed by atoms with E-state index < -0.39 is 0 Å². The first-order chi connectivity index (χ1) is 9.76. The van der Waals surface area contributed by atoms with Crippen molar-refractivity contribution in [1.82, 2.24) is 0 Å². The van der Waals surface area contributed by atoms with Crippen molar-refractivity contribution in [2.24, 2.45) is 11.5 Å². The van der Waals surface area contributed by atoms with Crippen molar-refractivity contribution < 1.29 is 9.47 Å². The Hall–Kier alpha value is -2.04. The summed E-state index contributed by atoms with van der Waals surface area (Å²) < 4.78 is 11.2. The summed E-state index contributed by atoms with van der Waals surface area (Å²) in [5.74, 6) is 1.42. The van der Waals surface area contributed by atoms with E-state index in [1.54, 1.807) is 7.11 Å². The van der Waals surface area contributed by atoms with E-state index in [0.717, 1.165) is 11.1 Å². The normalized spacial score (nSPS) is 11.9. The van der Waals surface area contributed by atoms with Gasteiger partial charge in [-0.05, 0) is 17.7 Å². The first kappa shape index (κ1) is 14.4. The lowest BCUT2D eigenvalue weighted by molar-refractivity contribution is 0.297. The SMILES string of the molecule is COc1cccc(OCc2ccccc2)c1C(N)CN. The van der Waals surface area contributed by atoms with Crippen molar-refractivity contribution in [3.05, 3.63) is 59.7 Å². The Morgan fingerprint density at radius 1 is 1.00 bits per heavy atom. The van der Waals surface area contributed by atoms with E-state index in [9.17, 15) is 0 Å². The minimum absolute atomic E-state index is 0.308. The summed E-state index contributed by atoms with van der Waals surface area (Å²) in [6.07, 6.45) is 0. The highest BCUT2D eigenvalue weighted by Gasteiger charge is 2.16.